The Bertz CT molecular complexity index is 294. The first-order valence-electron chi connectivity index (χ1n) is 3.57. The van der Waals surface area contributed by atoms with Crippen molar-refractivity contribution in [2.45, 2.75) is 16.7 Å². The van der Waals surface area contributed by atoms with E-state index in [9.17, 15) is 9.59 Å². The SMILES string of the molecule is O=C1OC(Cl)C(C2(Cl)COC(=O)O2)O1. The van der Waals surface area contributed by atoms with Crippen LogP contribution in [0.2, 0.25) is 0 Å². The lowest BCUT2D eigenvalue weighted by Crippen LogP contribution is -2.43. The molecule has 0 aromatic heterocycles. The summed E-state index contributed by atoms with van der Waals surface area (Å²) in [4.78, 5) is 21.3. The number of rotatable bonds is 1. The largest absolute Gasteiger partial charge is 0.510 e. The van der Waals surface area contributed by atoms with Crippen molar-refractivity contribution in [3.05, 3.63) is 0 Å². The highest BCUT2D eigenvalue weighted by atomic mass is 35.5. The second-order valence-electron chi connectivity index (χ2n) is 2.68. The van der Waals surface area contributed by atoms with E-state index in [-0.39, 0.29) is 6.61 Å². The van der Waals surface area contributed by atoms with Gasteiger partial charge in [-0.2, -0.15) is 0 Å². The van der Waals surface area contributed by atoms with Crippen LogP contribution in [0.1, 0.15) is 0 Å². The van der Waals surface area contributed by atoms with E-state index in [1.165, 1.54) is 0 Å². The van der Waals surface area contributed by atoms with E-state index in [0.717, 1.165) is 0 Å². The number of carbonyl (C=O) groups is 2. The molecule has 0 N–H and O–H groups in total. The summed E-state index contributed by atoms with van der Waals surface area (Å²) in [6, 6.07) is 0. The Morgan fingerprint density at radius 3 is 2.43 bits per heavy atom. The van der Waals surface area contributed by atoms with Crippen molar-refractivity contribution in [2.75, 3.05) is 6.61 Å². The van der Waals surface area contributed by atoms with Gasteiger partial charge in [0.05, 0.1) is 0 Å². The zero-order chi connectivity index (χ0) is 10.3. The minimum absolute atomic E-state index is 0.252. The van der Waals surface area contributed by atoms with E-state index < -0.39 is 29.0 Å². The van der Waals surface area contributed by atoms with Crippen LogP contribution in [0.15, 0.2) is 0 Å². The topological polar surface area (TPSA) is 71.1 Å². The fraction of sp³-hybridized carbons (Fsp3) is 0.667. The van der Waals surface area contributed by atoms with Crippen molar-refractivity contribution in [3.63, 3.8) is 0 Å². The van der Waals surface area contributed by atoms with E-state index in [0.29, 0.717) is 0 Å². The Kier molecular flexibility index (Phi) is 2.11. The van der Waals surface area contributed by atoms with Gasteiger partial charge in [-0.15, -0.1) is 0 Å². The summed E-state index contributed by atoms with van der Waals surface area (Å²) in [6.07, 6.45) is -2.98. The van der Waals surface area contributed by atoms with Gasteiger partial charge in [0.2, 0.25) is 11.7 Å². The summed E-state index contributed by atoms with van der Waals surface area (Å²) < 4.78 is 18.2. The van der Waals surface area contributed by atoms with E-state index in [1.54, 1.807) is 0 Å². The van der Waals surface area contributed by atoms with Gasteiger partial charge in [-0.25, -0.2) is 9.59 Å². The molecule has 0 aliphatic carbocycles. The molecule has 2 heterocycles. The van der Waals surface area contributed by atoms with Gasteiger partial charge in [0.25, 0.3) is 5.06 Å². The van der Waals surface area contributed by atoms with Crippen LogP contribution in [0.25, 0.3) is 0 Å². The average molecular weight is 243 g/mol. The number of alkyl halides is 2. The number of cyclic esters (lactones) is 4. The van der Waals surface area contributed by atoms with Crippen LogP contribution < -0.4 is 0 Å². The molecule has 0 saturated carbocycles. The first-order valence-corrected chi connectivity index (χ1v) is 4.39. The minimum atomic E-state index is -1.60. The van der Waals surface area contributed by atoms with Crippen LogP contribution in [-0.4, -0.2) is 35.6 Å². The lowest BCUT2D eigenvalue weighted by atomic mass is 10.2. The summed E-state index contributed by atoms with van der Waals surface area (Å²) in [5, 5.41) is -1.60. The average Bonchev–Trinajstić information content (AvgIpc) is 2.57. The van der Waals surface area contributed by atoms with E-state index in [1.807, 2.05) is 0 Å². The maximum atomic E-state index is 10.7. The molecule has 0 bridgehead atoms. The van der Waals surface area contributed by atoms with Gasteiger partial charge in [-0.1, -0.05) is 23.2 Å². The first kappa shape index (κ1) is 9.67. The van der Waals surface area contributed by atoms with E-state index in [4.69, 9.17) is 23.2 Å². The fourth-order valence-electron chi connectivity index (χ4n) is 1.12. The van der Waals surface area contributed by atoms with Gasteiger partial charge in [-0.05, 0) is 0 Å². The molecule has 0 aromatic carbocycles. The Labute approximate surface area is 87.9 Å². The van der Waals surface area contributed by atoms with Crippen LogP contribution in [0.4, 0.5) is 9.59 Å². The molecule has 2 saturated heterocycles. The third-order valence-electron chi connectivity index (χ3n) is 1.73. The van der Waals surface area contributed by atoms with Crippen LogP contribution in [0.3, 0.4) is 0 Å². The van der Waals surface area contributed by atoms with Crippen molar-refractivity contribution < 1.29 is 28.5 Å². The molecule has 0 spiro atoms. The van der Waals surface area contributed by atoms with Crippen LogP contribution >= 0.6 is 23.2 Å². The molecule has 0 amide bonds. The van der Waals surface area contributed by atoms with Crippen LogP contribution in [-0.2, 0) is 18.9 Å². The molecule has 2 rings (SSSR count). The van der Waals surface area contributed by atoms with Gasteiger partial charge in [-0.3, -0.25) is 0 Å². The van der Waals surface area contributed by atoms with Gasteiger partial charge >= 0.3 is 12.3 Å². The molecule has 6 nitrogen and oxygen atoms in total. The molecular weight excluding hydrogens is 239 g/mol. The van der Waals surface area contributed by atoms with Crippen molar-refractivity contribution >= 4 is 35.5 Å². The molecule has 2 aliphatic heterocycles. The summed E-state index contributed by atoms with van der Waals surface area (Å²) >= 11 is 11.4. The van der Waals surface area contributed by atoms with E-state index in [2.05, 4.69) is 18.9 Å². The second-order valence-corrected chi connectivity index (χ2v) is 3.75. The van der Waals surface area contributed by atoms with Gasteiger partial charge in [0.15, 0.2) is 6.61 Å². The Balaban J connectivity index is 2.14. The zero-order valence-electron chi connectivity index (χ0n) is 6.57. The number of ether oxygens (including phenoxy) is 4. The molecule has 8 heteroatoms. The number of halogens is 2. The predicted octanol–water partition coefficient (Wildman–Crippen LogP) is 1.19. The third-order valence-corrected chi connectivity index (χ3v) is 2.45. The van der Waals surface area contributed by atoms with Gasteiger partial charge < -0.3 is 18.9 Å². The van der Waals surface area contributed by atoms with Crippen molar-refractivity contribution in [3.8, 4) is 0 Å². The summed E-state index contributed by atoms with van der Waals surface area (Å²) in [5.74, 6) is 0. The molecule has 0 aromatic rings. The number of carbonyl (C=O) groups excluding carboxylic acids is 2. The van der Waals surface area contributed by atoms with Crippen LogP contribution in [0.5, 0.6) is 0 Å². The summed E-state index contributed by atoms with van der Waals surface area (Å²) in [6.45, 7) is -0.252. The lowest BCUT2D eigenvalue weighted by Gasteiger charge is -2.22. The first-order chi connectivity index (χ1) is 6.51. The Hall–Kier alpha value is -0.880. The zero-order valence-corrected chi connectivity index (χ0v) is 8.08. The monoisotopic (exact) mass is 242 g/mol. The fourth-order valence-corrected chi connectivity index (χ4v) is 1.79. The molecule has 14 heavy (non-hydrogen) atoms. The van der Waals surface area contributed by atoms with Crippen molar-refractivity contribution in [2.24, 2.45) is 0 Å². The van der Waals surface area contributed by atoms with Crippen molar-refractivity contribution in [1.82, 2.24) is 0 Å². The van der Waals surface area contributed by atoms with Crippen molar-refractivity contribution in [1.29, 1.82) is 0 Å². The molecule has 2 aliphatic rings. The number of hydrogen-bond acceptors (Lipinski definition) is 6. The van der Waals surface area contributed by atoms with Gasteiger partial charge in [0, 0.05) is 0 Å². The highest BCUT2D eigenvalue weighted by Gasteiger charge is 2.57. The van der Waals surface area contributed by atoms with E-state index >= 15 is 0 Å². The number of hydrogen-bond donors (Lipinski definition) is 0. The molecule has 3 unspecified atom stereocenters. The highest BCUT2D eigenvalue weighted by molar-refractivity contribution is 6.27. The highest BCUT2D eigenvalue weighted by Crippen LogP contribution is 2.37. The van der Waals surface area contributed by atoms with Gasteiger partial charge in [0.1, 0.15) is 0 Å². The minimum Gasteiger partial charge on any atom is -0.428 e. The Morgan fingerprint density at radius 1 is 1.29 bits per heavy atom. The molecule has 3 atom stereocenters. The molecule has 0 radical (unpaired) electrons. The summed E-state index contributed by atoms with van der Waals surface area (Å²) in [5.41, 5.74) is -1.10. The quantitative estimate of drug-likeness (QED) is 0.508. The maximum Gasteiger partial charge on any atom is 0.510 e. The third kappa shape index (κ3) is 1.44. The predicted molar refractivity (Wildman–Crippen MR) is 42.0 cm³/mol. The second kappa shape index (κ2) is 3.06. The maximum absolute atomic E-state index is 10.7. The lowest BCUT2D eigenvalue weighted by molar-refractivity contribution is 0.0122. The summed E-state index contributed by atoms with van der Waals surface area (Å²) in [7, 11) is 0. The standard InChI is InChI=1S/C6H4Cl2O6/c7-3-2(12-5(10)13-3)6(8)1-11-4(9)14-6/h2-3H,1H2. The molecule has 78 valence electrons. The Morgan fingerprint density at radius 2 is 2.00 bits per heavy atom. The van der Waals surface area contributed by atoms with Crippen LogP contribution in [0, 0.1) is 0 Å². The smallest absolute Gasteiger partial charge is 0.428 e. The molecular formula is C6H4Cl2O6. The normalized spacial score (nSPS) is 41.3. The molecule has 2 fully saturated rings.